The maximum absolute atomic E-state index is 13.6. The van der Waals surface area contributed by atoms with E-state index >= 15 is 0 Å². The lowest BCUT2D eigenvalue weighted by Crippen LogP contribution is -2.23. The van der Waals surface area contributed by atoms with Gasteiger partial charge in [0.1, 0.15) is 12.9 Å². The number of aliphatic hydroxyl groups excluding tert-OH is 1. The van der Waals surface area contributed by atoms with Crippen LogP contribution in [0.3, 0.4) is 0 Å². The first kappa shape index (κ1) is 47.0. The molecule has 59 heavy (non-hydrogen) atoms. The molecule has 1 aliphatic heterocycles. The van der Waals surface area contributed by atoms with Gasteiger partial charge in [0.2, 0.25) is 0 Å². The van der Waals surface area contributed by atoms with Gasteiger partial charge in [-0.2, -0.15) is 13.2 Å². The number of aromatic nitrogens is 1. The van der Waals surface area contributed by atoms with Crippen LogP contribution in [0.5, 0.6) is 0 Å². The van der Waals surface area contributed by atoms with Gasteiger partial charge in [-0.15, -0.1) is 0 Å². The molecule has 1 amide bonds. The molecule has 4 rings (SSSR count). The fraction of sp³-hybridized carbons (Fsp3) is 0.513. The summed E-state index contributed by atoms with van der Waals surface area (Å²) in [5.41, 5.74) is -1.45. The number of hydrogen-bond donors (Lipinski definition) is 2. The zero-order valence-electron chi connectivity index (χ0n) is 32.4. The van der Waals surface area contributed by atoms with E-state index in [4.69, 9.17) is 57.2 Å². The van der Waals surface area contributed by atoms with Crippen molar-refractivity contribution in [1.29, 1.82) is 0 Å². The first-order valence-corrected chi connectivity index (χ1v) is 18.8. The second kappa shape index (κ2) is 26.5. The molecule has 0 radical (unpaired) electrons. The van der Waals surface area contributed by atoms with Crippen molar-refractivity contribution in [1.82, 2.24) is 4.98 Å². The van der Waals surface area contributed by atoms with Crippen LogP contribution in [0.25, 0.3) is 22.0 Å². The van der Waals surface area contributed by atoms with E-state index in [1.807, 2.05) is 0 Å². The molecule has 0 saturated carbocycles. The van der Waals surface area contributed by atoms with Gasteiger partial charge in [-0.3, -0.25) is 9.69 Å². The highest BCUT2D eigenvalue weighted by Gasteiger charge is 2.34. The van der Waals surface area contributed by atoms with E-state index in [0.29, 0.717) is 97.9 Å². The van der Waals surface area contributed by atoms with Crippen LogP contribution in [0.1, 0.15) is 5.56 Å². The van der Waals surface area contributed by atoms with Crippen LogP contribution in [0, 0.1) is 0 Å². The van der Waals surface area contributed by atoms with Gasteiger partial charge in [0.05, 0.1) is 124 Å². The van der Waals surface area contributed by atoms with Crippen molar-refractivity contribution in [3.63, 3.8) is 0 Å². The van der Waals surface area contributed by atoms with Crippen molar-refractivity contribution < 1.29 is 80.0 Å². The van der Waals surface area contributed by atoms with Crippen LogP contribution < -0.4 is 10.5 Å². The highest BCUT2D eigenvalue weighted by molar-refractivity contribution is 5.95. The SMILES string of the molecule is O=C(O/C=C1/CN(c2ccc3cc(-c4ccccc4C(F)(F)F)[nH]c(=O)c3c2)C(=O)O1)OCCOCCOCCOCCOCCOCCOCCOCCOCCO. The Morgan fingerprint density at radius 2 is 1.22 bits per heavy atom. The number of hydrogen-bond acceptors (Lipinski definition) is 15. The van der Waals surface area contributed by atoms with Gasteiger partial charge in [-0.25, -0.2) is 9.59 Å². The minimum absolute atomic E-state index is 0.00277. The van der Waals surface area contributed by atoms with Crippen LogP contribution >= 0.6 is 0 Å². The summed E-state index contributed by atoms with van der Waals surface area (Å²) in [4.78, 5) is 41.2. The van der Waals surface area contributed by atoms with E-state index in [0.717, 1.165) is 12.3 Å². The number of anilines is 1. The predicted octanol–water partition coefficient (Wildman–Crippen LogP) is 4.29. The molecule has 0 unspecified atom stereocenters. The monoisotopic (exact) mass is 842 g/mol. The zero-order chi connectivity index (χ0) is 42.1. The molecule has 1 aliphatic rings. The molecule has 0 bridgehead atoms. The van der Waals surface area contributed by atoms with Crippen LogP contribution in [0.2, 0.25) is 0 Å². The fourth-order valence-electron chi connectivity index (χ4n) is 5.24. The molecule has 1 aromatic heterocycles. The Morgan fingerprint density at radius 1 is 0.712 bits per heavy atom. The Bertz CT molecular complexity index is 1810. The van der Waals surface area contributed by atoms with Gasteiger partial charge < -0.3 is 62.2 Å². The number of fused-ring (bicyclic) bond motifs is 1. The standard InChI is InChI=1S/C39H49F3N2O15/c40-39(41,42)34-4-2-1-3-32(34)35-25-29-5-6-30(26-33(29)36(46)43-35)44-27-31(59-37(44)47)28-58-38(48)57-24-23-56-22-21-55-20-19-54-18-17-53-16-15-52-14-13-51-12-11-50-10-9-49-8-7-45/h1-6,25-26,28,45H,7-24,27H2,(H,43,46)/b31-28-. The number of pyridine rings is 1. The van der Waals surface area contributed by atoms with Crippen molar-refractivity contribution >= 4 is 28.7 Å². The van der Waals surface area contributed by atoms with E-state index in [1.54, 1.807) is 0 Å². The smallest absolute Gasteiger partial charge is 0.432 e. The summed E-state index contributed by atoms with van der Waals surface area (Å²) in [6.45, 7) is 5.86. The van der Waals surface area contributed by atoms with Crippen molar-refractivity contribution in [2.45, 2.75) is 6.18 Å². The number of rotatable bonds is 29. The normalized spacial score (nSPS) is 13.7. The number of halogens is 3. The van der Waals surface area contributed by atoms with Gasteiger partial charge in [0.25, 0.3) is 5.56 Å². The van der Waals surface area contributed by atoms with Gasteiger partial charge in [-0.1, -0.05) is 24.3 Å². The zero-order valence-corrected chi connectivity index (χ0v) is 32.4. The minimum Gasteiger partial charge on any atom is -0.432 e. The molecule has 1 fully saturated rings. The molecular formula is C39H49F3N2O15. The van der Waals surface area contributed by atoms with Crippen LogP contribution in [-0.2, 0) is 58.3 Å². The maximum atomic E-state index is 13.6. The van der Waals surface area contributed by atoms with Crippen LogP contribution in [-0.4, -0.2) is 148 Å². The second-order valence-corrected chi connectivity index (χ2v) is 12.2. The van der Waals surface area contributed by atoms with Crippen molar-refractivity contribution in [3.05, 3.63) is 76.5 Å². The first-order chi connectivity index (χ1) is 28.7. The average molecular weight is 843 g/mol. The molecule has 0 atom stereocenters. The highest BCUT2D eigenvalue weighted by Crippen LogP contribution is 2.37. The molecule has 20 heteroatoms. The summed E-state index contributed by atoms with van der Waals surface area (Å²) in [7, 11) is 0. The number of carbonyl (C=O) groups excluding carboxylic acids is 2. The Hall–Kier alpha value is -4.64. The molecule has 2 N–H and O–H groups in total. The van der Waals surface area contributed by atoms with E-state index < -0.39 is 29.5 Å². The number of alkyl halides is 3. The summed E-state index contributed by atoms with van der Waals surface area (Å²) >= 11 is 0. The number of nitrogens with one attached hydrogen (secondary N) is 1. The summed E-state index contributed by atoms with van der Waals surface area (Å²) in [5, 5.41) is 9.08. The average Bonchev–Trinajstić information content (AvgIpc) is 3.60. The van der Waals surface area contributed by atoms with Crippen molar-refractivity contribution in [2.75, 3.05) is 130 Å². The van der Waals surface area contributed by atoms with Gasteiger partial charge in [-0.05, 0) is 29.7 Å². The van der Waals surface area contributed by atoms with Gasteiger partial charge in [0, 0.05) is 22.3 Å². The third-order valence-corrected chi connectivity index (χ3v) is 7.99. The molecule has 2 heterocycles. The van der Waals surface area contributed by atoms with Crippen molar-refractivity contribution in [2.24, 2.45) is 0 Å². The number of nitrogens with zero attached hydrogens (tertiary/aromatic N) is 1. The third-order valence-electron chi connectivity index (χ3n) is 7.99. The van der Waals surface area contributed by atoms with Gasteiger partial charge >= 0.3 is 18.4 Å². The second-order valence-electron chi connectivity index (χ2n) is 12.2. The molecule has 0 spiro atoms. The largest absolute Gasteiger partial charge is 0.513 e. The predicted molar refractivity (Wildman–Crippen MR) is 203 cm³/mol. The molecule has 17 nitrogen and oxygen atoms in total. The number of amides is 1. The van der Waals surface area contributed by atoms with E-state index in [2.05, 4.69) is 4.98 Å². The lowest BCUT2D eigenvalue weighted by Gasteiger charge is -2.15. The summed E-state index contributed by atoms with van der Waals surface area (Å²) in [5.74, 6) is -0.00877. The first-order valence-electron chi connectivity index (χ1n) is 18.8. The molecule has 326 valence electrons. The Kier molecular flexibility index (Phi) is 21.1. The number of aromatic amines is 1. The van der Waals surface area contributed by atoms with Gasteiger partial charge in [0.15, 0.2) is 5.76 Å². The molecule has 2 aromatic carbocycles. The quantitative estimate of drug-likeness (QED) is 0.0571. The van der Waals surface area contributed by atoms with Crippen LogP contribution in [0.4, 0.5) is 28.4 Å². The number of carbonyl (C=O) groups is 2. The number of benzene rings is 2. The van der Waals surface area contributed by atoms with Crippen molar-refractivity contribution in [3.8, 4) is 11.3 Å². The Morgan fingerprint density at radius 3 is 1.75 bits per heavy atom. The summed E-state index contributed by atoms with van der Waals surface area (Å²) < 4.78 is 98.5. The van der Waals surface area contributed by atoms with E-state index in [-0.39, 0.29) is 61.1 Å². The number of ether oxygens (including phenoxy) is 11. The number of cyclic esters (lactones) is 1. The number of aliphatic hydroxyl groups is 1. The summed E-state index contributed by atoms with van der Waals surface area (Å²) in [6, 6.07) is 10.8. The minimum atomic E-state index is -4.62. The lowest BCUT2D eigenvalue weighted by molar-refractivity contribution is -0.137. The molecule has 3 aromatic rings. The Labute approximate surface area is 337 Å². The van der Waals surface area contributed by atoms with E-state index in [9.17, 15) is 27.6 Å². The third kappa shape index (κ3) is 17.2. The maximum Gasteiger partial charge on any atom is 0.513 e. The van der Waals surface area contributed by atoms with E-state index in [1.165, 1.54) is 47.4 Å². The van der Waals surface area contributed by atoms with Crippen LogP contribution in [0.15, 0.2) is 65.3 Å². The topological polar surface area (TPSA) is 192 Å². The highest BCUT2D eigenvalue weighted by atomic mass is 19.4. The number of H-pyrrole nitrogens is 1. The fourth-order valence-corrected chi connectivity index (χ4v) is 5.24. The lowest BCUT2D eigenvalue weighted by atomic mass is 10.0. The molecular weight excluding hydrogens is 793 g/mol. The molecule has 0 aliphatic carbocycles. The Balaban J connectivity index is 0.982. The molecule has 1 saturated heterocycles. The summed E-state index contributed by atoms with van der Waals surface area (Å²) in [6.07, 6.45) is -5.55.